The van der Waals surface area contributed by atoms with Gasteiger partial charge in [0.1, 0.15) is 0 Å². The maximum atomic E-state index is 11.3. The maximum Gasteiger partial charge on any atom is 0.340 e. The lowest BCUT2D eigenvalue weighted by Crippen LogP contribution is -2.64. The molecule has 1 heterocycles. The Morgan fingerprint density at radius 2 is 2.08 bits per heavy atom. The van der Waals surface area contributed by atoms with Crippen molar-refractivity contribution >= 4 is 5.97 Å². The molecule has 0 aromatic heterocycles. The van der Waals surface area contributed by atoms with Crippen LogP contribution in [0.15, 0.2) is 0 Å². The molecule has 1 rings (SSSR count). The van der Waals surface area contributed by atoms with Gasteiger partial charge in [0, 0.05) is 26.2 Å². The van der Waals surface area contributed by atoms with E-state index in [-0.39, 0.29) is 5.97 Å². The van der Waals surface area contributed by atoms with Gasteiger partial charge in [0.25, 0.3) is 0 Å². The highest BCUT2D eigenvalue weighted by atomic mass is 16.5. The SMILES string of the molecule is COC(=O)C(C)(N)N1CCNCC1. The summed E-state index contributed by atoms with van der Waals surface area (Å²) in [6.45, 7) is 4.97. The Kier molecular flexibility index (Phi) is 3.24. The van der Waals surface area contributed by atoms with E-state index in [9.17, 15) is 4.79 Å². The zero-order chi connectivity index (χ0) is 9.90. The highest BCUT2D eigenvalue weighted by molar-refractivity contribution is 5.79. The molecule has 1 fully saturated rings. The predicted octanol–water partition coefficient (Wildman–Crippen LogP) is -1.26. The molecule has 1 aliphatic heterocycles. The molecule has 0 saturated carbocycles. The van der Waals surface area contributed by atoms with Crippen molar-refractivity contribution in [2.75, 3.05) is 33.3 Å². The Hall–Kier alpha value is -0.650. The number of hydrogen-bond donors (Lipinski definition) is 2. The maximum absolute atomic E-state index is 11.3. The standard InChI is InChI=1S/C8H17N3O2/c1-8(9,7(12)13-2)11-5-3-10-4-6-11/h10H,3-6,9H2,1-2H3. The lowest BCUT2D eigenvalue weighted by molar-refractivity contribution is -0.154. The van der Waals surface area contributed by atoms with E-state index in [4.69, 9.17) is 5.73 Å². The number of nitrogens with two attached hydrogens (primary N) is 1. The monoisotopic (exact) mass is 187 g/mol. The summed E-state index contributed by atoms with van der Waals surface area (Å²) in [6, 6.07) is 0. The zero-order valence-electron chi connectivity index (χ0n) is 8.17. The van der Waals surface area contributed by atoms with E-state index in [0.717, 1.165) is 26.2 Å². The van der Waals surface area contributed by atoms with Crippen LogP contribution in [0.25, 0.3) is 0 Å². The Balaban J connectivity index is 2.60. The summed E-state index contributed by atoms with van der Waals surface area (Å²) >= 11 is 0. The van der Waals surface area contributed by atoms with Crippen LogP contribution < -0.4 is 11.1 Å². The van der Waals surface area contributed by atoms with Crippen LogP contribution in [0.3, 0.4) is 0 Å². The number of ether oxygens (including phenoxy) is 1. The molecule has 0 aromatic rings. The number of methoxy groups -OCH3 is 1. The minimum absolute atomic E-state index is 0.380. The molecule has 13 heavy (non-hydrogen) atoms. The minimum Gasteiger partial charge on any atom is -0.467 e. The molecule has 1 aliphatic rings. The van der Waals surface area contributed by atoms with Gasteiger partial charge in [-0.05, 0) is 6.92 Å². The van der Waals surface area contributed by atoms with E-state index >= 15 is 0 Å². The van der Waals surface area contributed by atoms with Gasteiger partial charge >= 0.3 is 5.97 Å². The van der Waals surface area contributed by atoms with Crippen LogP contribution in [0.4, 0.5) is 0 Å². The van der Waals surface area contributed by atoms with Gasteiger partial charge in [0.15, 0.2) is 5.66 Å². The molecule has 0 aliphatic carbocycles. The van der Waals surface area contributed by atoms with Gasteiger partial charge in [0.05, 0.1) is 7.11 Å². The lowest BCUT2D eigenvalue weighted by Gasteiger charge is -2.38. The fourth-order valence-corrected chi connectivity index (χ4v) is 1.47. The summed E-state index contributed by atoms with van der Waals surface area (Å²) < 4.78 is 4.64. The van der Waals surface area contributed by atoms with Gasteiger partial charge in [-0.3, -0.25) is 4.90 Å². The number of nitrogens with zero attached hydrogens (tertiary/aromatic N) is 1. The van der Waals surface area contributed by atoms with E-state index in [1.807, 2.05) is 4.90 Å². The highest BCUT2D eigenvalue weighted by Crippen LogP contribution is 2.10. The molecule has 0 spiro atoms. The Bertz CT molecular complexity index is 188. The highest BCUT2D eigenvalue weighted by Gasteiger charge is 2.36. The van der Waals surface area contributed by atoms with Crippen LogP contribution in [0.5, 0.6) is 0 Å². The van der Waals surface area contributed by atoms with Gasteiger partial charge in [-0.25, -0.2) is 4.79 Å². The Morgan fingerprint density at radius 1 is 1.54 bits per heavy atom. The summed E-state index contributed by atoms with van der Waals surface area (Å²) in [5.41, 5.74) is 4.88. The predicted molar refractivity (Wildman–Crippen MR) is 49.1 cm³/mol. The van der Waals surface area contributed by atoms with Crippen molar-refractivity contribution in [2.45, 2.75) is 12.6 Å². The minimum atomic E-state index is -0.989. The van der Waals surface area contributed by atoms with Crippen molar-refractivity contribution in [1.29, 1.82) is 0 Å². The van der Waals surface area contributed by atoms with E-state index in [1.165, 1.54) is 7.11 Å². The second kappa shape index (κ2) is 4.04. The number of piperazine rings is 1. The summed E-state index contributed by atoms with van der Waals surface area (Å²) in [4.78, 5) is 13.2. The normalized spacial score (nSPS) is 23.6. The average molecular weight is 187 g/mol. The summed E-state index contributed by atoms with van der Waals surface area (Å²) in [5.74, 6) is -0.380. The van der Waals surface area contributed by atoms with Crippen molar-refractivity contribution in [3.63, 3.8) is 0 Å². The summed E-state index contributed by atoms with van der Waals surface area (Å²) in [6.07, 6.45) is 0. The summed E-state index contributed by atoms with van der Waals surface area (Å²) in [7, 11) is 1.36. The van der Waals surface area contributed by atoms with Crippen molar-refractivity contribution in [1.82, 2.24) is 10.2 Å². The molecule has 0 aromatic carbocycles. The van der Waals surface area contributed by atoms with Gasteiger partial charge < -0.3 is 15.8 Å². The van der Waals surface area contributed by atoms with Crippen molar-refractivity contribution < 1.29 is 9.53 Å². The first-order valence-corrected chi connectivity index (χ1v) is 4.42. The van der Waals surface area contributed by atoms with E-state index in [0.29, 0.717) is 0 Å². The number of rotatable bonds is 2. The molecule has 5 nitrogen and oxygen atoms in total. The number of carbonyl (C=O) groups excluding carboxylic acids is 1. The van der Waals surface area contributed by atoms with Crippen LogP contribution in [0.2, 0.25) is 0 Å². The fraction of sp³-hybridized carbons (Fsp3) is 0.875. The van der Waals surface area contributed by atoms with E-state index in [2.05, 4.69) is 10.1 Å². The van der Waals surface area contributed by atoms with Crippen LogP contribution in [-0.2, 0) is 9.53 Å². The van der Waals surface area contributed by atoms with E-state index in [1.54, 1.807) is 6.92 Å². The van der Waals surface area contributed by atoms with Crippen LogP contribution >= 0.6 is 0 Å². The zero-order valence-corrected chi connectivity index (χ0v) is 8.17. The van der Waals surface area contributed by atoms with Gasteiger partial charge in [-0.1, -0.05) is 0 Å². The van der Waals surface area contributed by atoms with Crippen LogP contribution in [-0.4, -0.2) is 49.8 Å². The number of carbonyl (C=O) groups is 1. The number of esters is 1. The lowest BCUT2D eigenvalue weighted by atomic mass is 10.1. The molecule has 0 amide bonds. The van der Waals surface area contributed by atoms with Crippen molar-refractivity contribution in [2.24, 2.45) is 5.73 Å². The molecular weight excluding hydrogens is 170 g/mol. The molecule has 76 valence electrons. The molecule has 1 atom stereocenters. The first kappa shape index (κ1) is 10.4. The molecular formula is C8H17N3O2. The summed E-state index contributed by atoms with van der Waals surface area (Å²) in [5, 5.41) is 3.19. The average Bonchev–Trinajstić information content (AvgIpc) is 2.18. The largest absolute Gasteiger partial charge is 0.467 e. The molecule has 5 heteroatoms. The van der Waals surface area contributed by atoms with Crippen molar-refractivity contribution in [3.05, 3.63) is 0 Å². The third-order valence-electron chi connectivity index (χ3n) is 2.37. The first-order valence-electron chi connectivity index (χ1n) is 4.42. The fourth-order valence-electron chi connectivity index (χ4n) is 1.47. The second-order valence-electron chi connectivity index (χ2n) is 3.38. The number of hydrogen-bond acceptors (Lipinski definition) is 5. The van der Waals surface area contributed by atoms with Crippen LogP contribution in [0, 0.1) is 0 Å². The molecule has 3 N–H and O–H groups in total. The van der Waals surface area contributed by atoms with Gasteiger partial charge in [-0.2, -0.15) is 0 Å². The molecule has 0 radical (unpaired) electrons. The Morgan fingerprint density at radius 3 is 2.54 bits per heavy atom. The quantitative estimate of drug-likeness (QED) is 0.528. The first-order chi connectivity index (χ1) is 6.09. The smallest absolute Gasteiger partial charge is 0.340 e. The van der Waals surface area contributed by atoms with E-state index < -0.39 is 5.66 Å². The molecule has 1 saturated heterocycles. The third kappa shape index (κ3) is 2.18. The molecule has 0 bridgehead atoms. The second-order valence-corrected chi connectivity index (χ2v) is 3.38. The van der Waals surface area contributed by atoms with Crippen molar-refractivity contribution in [3.8, 4) is 0 Å². The Labute approximate surface area is 78.2 Å². The number of nitrogens with one attached hydrogen (secondary N) is 1. The topological polar surface area (TPSA) is 67.6 Å². The van der Waals surface area contributed by atoms with Gasteiger partial charge in [0.2, 0.25) is 0 Å². The molecule has 1 unspecified atom stereocenters. The third-order valence-corrected chi connectivity index (χ3v) is 2.37. The van der Waals surface area contributed by atoms with Gasteiger partial charge in [-0.15, -0.1) is 0 Å². The van der Waals surface area contributed by atoms with Crippen LogP contribution in [0.1, 0.15) is 6.92 Å².